The molecule has 0 unspecified atom stereocenters. The summed E-state index contributed by atoms with van der Waals surface area (Å²) in [7, 11) is 0. The van der Waals surface area contributed by atoms with Crippen LogP contribution in [-0.2, 0) is 4.79 Å². The van der Waals surface area contributed by atoms with Crippen molar-refractivity contribution in [2.45, 2.75) is 47.5 Å². The molecule has 0 spiro atoms. The van der Waals surface area contributed by atoms with E-state index in [0.717, 1.165) is 19.4 Å². The summed E-state index contributed by atoms with van der Waals surface area (Å²) in [4.78, 5) is 14.5. The Hall–Kier alpha value is -0.570. The van der Waals surface area contributed by atoms with E-state index in [1.54, 1.807) is 0 Å². The Balaban J connectivity index is 2.67. The van der Waals surface area contributed by atoms with Gasteiger partial charge in [0.2, 0.25) is 5.91 Å². The summed E-state index contributed by atoms with van der Waals surface area (Å²) in [6, 6.07) is 0. The Morgan fingerprint density at radius 2 is 1.71 bits per heavy atom. The molecule has 1 fully saturated rings. The summed E-state index contributed by atoms with van der Waals surface area (Å²) in [5.74, 6) is 0.470. The zero-order valence-corrected chi connectivity index (χ0v) is 12.0. The number of carbonyl (C=O) groups is 1. The SMILES string of the molecule is CCCCN(CCN)C(=O)C1C(C)(C)C1(C)C. The van der Waals surface area contributed by atoms with Crippen molar-refractivity contribution < 1.29 is 4.79 Å². The van der Waals surface area contributed by atoms with Gasteiger partial charge in [0.25, 0.3) is 0 Å². The summed E-state index contributed by atoms with van der Waals surface area (Å²) in [6.45, 7) is 13.0. The van der Waals surface area contributed by atoms with Crippen molar-refractivity contribution in [3.63, 3.8) is 0 Å². The molecule has 3 heteroatoms. The number of nitrogens with zero attached hydrogens (tertiary/aromatic N) is 1. The monoisotopic (exact) mass is 240 g/mol. The van der Waals surface area contributed by atoms with E-state index in [-0.39, 0.29) is 16.7 Å². The van der Waals surface area contributed by atoms with Crippen LogP contribution in [0.1, 0.15) is 47.5 Å². The lowest BCUT2D eigenvalue weighted by Gasteiger charge is -2.23. The molecule has 1 rings (SSSR count). The maximum Gasteiger partial charge on any atom is 0.226 e. The van der Waals surface area contributed by atoms with Gasteiger partial charge in [0, 0.05) is 25.6 Å². The quantitative estimate of drug-likeness (QED) is 0.774. The fourth-order valence-corrected chi connectivity index (χ4v) is 2.83. The van der Waals surface area contributed by atoms with Crippen molar-refractivity contribution in [1.82, 2.24) is 4.90 Å². The van der Waals surface area contributed by atoms with Gasteiger partial charge in [-0.1, -0.05) is 41.0 Å². The highest BCUT2D eigenvalue weighted by Gasteiger charge is 2.68. The topological polar surface area (TPSA) is 46.3 Å². The first-order valence-electron chi connectivity index (χ1n) is 6.79. The second-order valence-corrected chi connectivity index (χ2v) is 6.34. The van der Waals surface area contributed by atoms with Gasteiger partial charge >= 0.3 is 0 Å². The molecule has 0 bridgehead atoms. The van der Waals surface area contributed by atoms with Gasteiger partial charge in [-0.05, 0) is 17.3 Å². The van der Waals surface area contributed by atoms with Crippen molar-refractivity contribution in [1.29, 1.82) is 0 Å². The van der Waals surface area contributed by atoms with E-state index in [1.165, 1.54) is 0 Å². The van der Waals surface area contributed by atoms with Crippen molar-refractivity contribution in [3.05, 3.63) is 0 Å². The lowest BCUT2D eigenvalue weighted by Crippen LogP contribution is -2.38. The smallest absolute Gasteiger partial charge is 0.226 e. The van der Waals surface area contributed by atoms with Gasteiger partial charge < -0.3 is 10.6 Å². The molecule has 0 radical (unpaired) electrons. The van der Waals surface area contributed by atoms with Crippen LogP contribution in [0.3, 0.4) is 0 Å². The molecule has 0 saturated heterocycles. The molecule has 0 heterocycles. The van der Waals surface area contributed by atoms with E-state index in [0.29, 0.717) is 19.0 Å². The third kappa shape index (κ3) is 2.49. The van der Waals surface area contributed by atoms with Crippen LogP contribution in [0, 0.1) is 16.7 Å². The largest absolute Gasteiger partial charge is 0.341 e. The number of unbranched alkanes of at least 4 members (excludes halogenated alkanes) is 1. The molecule has 0 aromatic heterocycles. The Morgan fingerprint density at radius 1 is 1.18 bits per heavy atom. The molecule has 1 aliphatic rings. The molecule has 0 aliphatic heterocycles. The molecule has 0 atom stereocenters. The first-order chi connectivity index (χ1) is 7.80. The molecule has 0 aromatic carbocycles. The highest BCUT2D eigenvalue weighted by atomic mass is 16.2. The van der Waals surface area contributed by atoms with Crippen LogP contribution in [0.25, 0.3) is 0 Å². The van der Waals surface area contributed by atoms with Crippen LogP contribution in [0.15, 0.2) is 0 Å². The van der Waals surface area contributed by atoms with Crippen LogP contribution in [0.4, 0.5) is 0 Å². The maximum atomic E-state index is 12.5. The van der Waals surface area contributed by atoms with Gasteiger partial charge in [0.15, 0.2) is 0 Å². The van der Waals surface area contributed by atoms with Crippen molar-refractivity contribution in [2.75, 3.05) is 19.6 Å². The summed E-state index contributed by atoms with van der Waals surface area (Å²) in [5.41, 5.74) is 5.86. The first-order valence-corrected chi connectivity index (χ1v) is 6.79. The fourth-order valence-electron chi connectivity index (χ4n) is 2.83. The fraction of sp³-hybridized carbons (Fsp3) is 0.929. The highest BCUT2D eigenvalue weighted by Crippen LogP contribution is 2.68. The van der Waals surface area contributed by atoms with Crippen LogP contribution < -0.4 is 5.73 Å². The Morgan fingerprint density at radius 3 is 2.06 bits per heavy atom. The normalized spacial score (nSPS) is 21.3. The lowest BCUT2D eigenvalue weighted by molar-refractivity contribution is -0.133. The van der Waals surface area contributed by atoms with Gasteiger partial charge in [-0.3, -0.25) is 4.79 Å². The van der Waals surface area contributed by atoms with E-state index in [1.807, 2.05) is 4.90 Å². The summed E-state index contributed by atoms with van der Waals surface area (Å²) >= 11 is 0. The highest BCUT2D eigenvalue weighted by molar-refractivity contribution is 5.84. The zero-order valence-electron chi connectivity index (χ0n) is 12.0. The Labute approximate surface area is 106 Å². The number of amides is 1. The van der Waals surface area contributed by atoms with Crippen molar-refractivity contribution in [2.24, 2.45) is 22.5 Å². The predicted molar refractivity (Wildman–Crippen MR) is 71.6 cm³/mol. The Kier molecular flexibility index (Phi) is 4.23. The second kappa shape index (κ2) is 4.97. The summed E-state index contributed by atoms with van der Waals surface area (Å²) in [6.07, 6.45) is 2.19. The molecule has 1 aliphatic carbocycles. The first kappa shape index (κ1) is 14.5. The minimum atomic E-state index is 0.128. The van der Waals surface area contributed by atoms with E-state index < -0.39 is 0 Å². The minimum Gasteiger partial charge on any atom is -0.341 e. The van der Waals surface area contributed by atoms with E-state index >= 15 is 0 Å². The number of nitrogens with two attached hydrogens (primary N) is 1. The average molecular weight is 240 g/mol. The van der Waals surface area contributed by atoms with Crippen LogP contribution in [0.2, 0.25) is 0 Å². The summed E-state index contributed by atoms with van der Waals surface area (Å²) in [5, 5.41) is 0. The van der Waals surface area contributed by atoms with Gasteiger partial charge in [-0.25, -0.2) is 0 Å². The average Bonchev–Trinajstić information content (AvgIpc) is 2.63. The number of hydrogen-bond donors (Lipinski definition) is 1. The van der Waals surface area contributed by atoms with Gasteiger partial charge in [0.05, 0.1) is 0 Å². The van der Waals surface area contributed by atoms with Gasteiger partial charge in [-0.2, -0.15) is 0 Å². The van der Waals surface area contributed by atoms with Crippen LogP contribution in [0.5, 0.6) is 0 Å². The molecule has 1 amide bonds. The van der Waals surface area contributed by atoms with E-state index in [2.05, 4.69) is 34.6 Å². The maximum absolute atomic E-state index is 12.5. The van der Waals surface area contributed by atoms with E-state index in [4.69, 9.17) is 5.73 Å². The van der Waals surface area contributed by atoms with Crippen LogP contribution in [-0.4, -0.2) is 30.4 Å². The molecule has 17 heavy (non-hydrogen) atoms. The molecule has 1 saturated carbocycles. The molecular formula is C14H28N2O. The third-order valence-corrected chi connectivity index (χ3v) is 4.76. The van der Waals surface area contributed by atoms with Crippen molar-refractivity contribution >= 4 is 5.91 Å². The Bertz CT molecular complexity index is 270. The van der Waals surface area contributed by atoms with Crippen molar-refractivity contribution in [3.8, 4) is 0 Å². The van der Waals surface area contributed by atoms with E-state index in [9.17, 15) is 4.79 Å². The predicted octanol–water partition coefficient (Wildman–Crippen LogP) is 2.26. The minimum absolute atomic E-state index is 0.128. The molecular weight excluding hydrogens is 212 g/mol. The summed E-state index contributed by atoms with van der Waals surface area (Å²) < 4.78 is 0. The van der Waals surface area contributed by atoms with Crippen LogP contribution >= 0.6 is 0 Å². The standard InChI is InChI=1S/C14H28N2O/c1-6-7-9-16(10-8-15)12(17)11-13(2,3)14(11,4)5/h11H,6-10,15H2,1-5H3. The molecule has 0 aromatic rings. The number of carbonyl (C=O) groups excluding carboxylic acids is 1. The molecule has 3 nitrogen and oxygen atoms in total. The van der Waals surface area contributed by atoms with Gasteiger partial charge in [-0.15, -0.1) is 0 Å². The van der Waals surface area contributed by atoms with Gasteiger partial charge in [0.1, 0.15) is 0 Å². The number of hydrogen-bond acceptors (Lipinski definition) is 2. The third-order valence-electron chi connectivity index (χ3n) is 4.76. The second-order valence-electron chi connectivity index (χ2n) is 6.34. The zero-order chi connectivity index (χ0) is 13.3. The number of rotatable bonds is 6. The molecule has 2 N–H and O–H groups in total. The lowest BCUT2D eigenvalue weighted by atomic mass is 10.0. The molecule has 100 valence electrons.